The fourth-order valence-electron chi connectivity index (χ4n) is 3.42. The Bertz CT molecular complexity index is 1450. The van der Waals surface area contributed by atoms with Crippen molar-refractivity contribution in [2.24, 2.45) is 9.98 Å². The second-order valence-corrected chi connectivity index (χ2v) is 7.90. The molecule has 3 N–H and O–H groups in total. The highest BCUT2D eigenvalue weighted by Crippen LogP contribution is 2.31. The quantitative estimate of drug-likeness (QED) is 0.453. The van der Waals surface area contributed by atoms with Gasteiger partial charge in [0.05, 0.1) is 11.1 Å². The fraction of sp³-hybridized carbons (Fsp3) is 0.115. The molecule has 11 heteroatoms. The summed E-state index contributed by atoms with van der Waals surface area (Å²) in [5, 5.41) is 13.7. The van der Waals surface area contributed by atoms with Crippen LogP contribution in [0.15, 0.2) is 88.7 Å². The molecule has 0 saturated heterocycles. The number of aliphatic imine (C=N–C) groups is 2. The van der Waals surface area contributed by atoms with Crippen LogP contribution in [0.3, 0.4) is 0 Å². The van der Waals surface area contributed by atoms with Crippen molar-refractivity contribution < 1.29 is 22.7 Å². The summed E-state index contributed by atoms with van der Waals surface area (Å²) in [7, 11) is 1.65. The van der Waals surface area contributed by atoms with Crippen LogP contribution in [0.5, 0.6) is 5.75 Å². The molecular formula is C26H21F3N6O2. The highest BCUT2D eigenvalue weighted by molar-refractivity contribution is 6.30. The predicted molar refractivity (Wildman–Crippen MR) is 134 cm³/mol. The van der Waals surface area contributed by atoms with Gasteiger partial charge in [-0.15, -0.1) is 0 Å². The summed E-state index contributed by atoms with van der Waals surface area (Å²) in [5.74, 6) is -0.157. The number of alkyl halides is 3. The first-order valence-electron chi connectivity index (χ1n) is 11.0. The summed E-state index contributed by atoms with van der Waals surface area (Å²) >= 11 is 0. The van der Waals surface area contributed by atoms with Crippen LogP contribution in [0.4, 0.5) is 18.9 Å². The predicted octanol–water partition coefficient (Wildman–Crippen LogP) is 4.98. The molecule has 1 aromatic heterocycles. The van der Waals surface area contributed by atoms with Crippen LogP contribution in [0.2, 0.25) is 0 Å². The Morgan fingerprint density at radius 3 is 2.59 bits per heavy atom. The van der Waals surface area contributed by atoms with E-state index < -0.39 is 17.6 Å². The van der Waals surface area contributed by atoms with Crippen molar-refractivity contribution in [1.29, 1.82) is 5.41 Å². The van der Waals surface area contributed by atoms with Gasteiger partial charge < -0.3 is 15.4 Å². The molecule has 8 nitrogen and oxygen atoms in total. The minimum Gasteiger partial charge on any atom is -0.438 e. The van der Waals surface area contributed by atoms with Gasteiger partial charge in [0.2, 0.25) is 5.90 Å². The number of hydrogen-bond acceptors (Lipinski definition) is 6. The third kappa shape index (κ3) is 5.89. The van der Waals surface area contributed by atoms with Crippen molar-refractivity contribution >= 4 is 29.2 Å². The highest BCUT2D eigenvalue weighted by Gasteiger charge is 2.30. The fourth-order valence-corrected chi connectivity index (χ4v) is 3.42. The van der Waals surface area contributed by atoms with Crippen LogP contribution < -0.4 is 15.4 Å². The number of nitrogens with zero attached hydrogens (tertiary/aromatic N) is 3. The molecule has 0 spiro atoms. The molecule has 0 unspecified atom stereocenters. The van der Waals surface area contributed by atoms with E-state index in [1.165, 1.54) is 24.4 Å². The number of nitrogens with one attached hydrogen (secondary N) is 3. The summed E-state index contributed by atoms with van der Waals surface area (Å²) in [6, 6.07) is 12.6. The standard InChI is InChI=1S/C26H21F3N6O2/c1-15-8-9-19(12-20(15)24(36)33-18-7-3-6-17(11-18)26(27,28)29)37-25-21(14-31-2)22(30)34-23(35-25)16-5-4-10-32-13-16/h3-14,30-31H,1-2H3,(H,33,36)/b21-14+,30-22?. The highest BCUT2D eigenvalue weighted by atomic mass is 19.4. The SMILES string of the molecule is CN/C=C1\C(=N)N=C(c2cccnc2)N=C1Oc1ccc(C)c(C(=O)Nc2cccc(C(F)(F)F)c2)c1. The first-order chi connectivity index (χ1) is 17.7. The molecule has 0 aliphatic carbocycles. The van der Waals surface area contributed by atoms with Crippen LogP contribution in [-0.4, -0.2) is 35.5 Å². The molecular weight excluding hydrogens is 485 g/mol. The molecule has 1 amide bonds. The van der Waals surface area contributed by atoms with Crippen LogP contribution in [-0.2, 0) is 6.18 Å². The minimum atomic E-state index is -4.53. The largest absolute Gasteiger partial charge is 0.438 e. The maximum atomic E-state index is 13.0. The van der Waals surface area contributed by atoms with Gasteiger partial charge in [-0.2, -0.15) is 18.2 Å². The number of rotatable bonds is 5. The van der Waals surface area contributed by atoms with Crippen molar-refractivity contribution in [2.45, 2.75) is 13.1 Å². The van der Waals surface area contributed by atoms with E-state index in [4.69, 9.17) is 10.1 Å². The smallest absolute Gasteiger partial charge is 0.416 e. The summed E-state index contributed by atoms with van der Waals surface area (Å²) in [4.78, 5) is 25.6. The van der Waals surface area contributed by atoms with Crippen LogP contribution in [0.25, 0.3) is 0 Å². The van der Waals surface area contributed by atoms with E-state index in [-0.39, 0.29) is 40.1 Å². The van der Waals surface area contributed by atoms with E-state index in [9.17, 15) is 18.0 Å². The maximum absolute atomic E-state index is 13.0. The number of ether oxygens (including phenoxy) is 1. The molecule has 0 bridgehead atoms. The summed E-state index contributed by atoms with van der Waals surface area (Å²) in [6.07, 6.45) is 0.140. The van der Waals surface area contributed by atoms with Gasteiger partial charge in [0, 0.05) is 42.5 Å². The second-order valence-electron chi connectivity index (χ2n) is 7.90. The topological polar surface area (TPSA) is 112 Å². The molecule has 2 heterocycles. The lowest BCUT2D eigenvalue weighted by Gasteiger charge is -2.17. The maximum Gasteiger partial charge on any atom is 0.416 e. The van der Waals surface area contributed by atoms with E-state index >= 15 is 0 Å². The molecule has 3 aromatic rings. The molecule has 37 heavy (non-hydrogen) atoms. The minimum absolute atomic E-state index is 0.00668. The van der Waals surface area contributed by atoms with E-state index in [1.54, 1.807) is 50.6 Å². The number of benzene rings is 2. The molecule has 1 aliphatic rings. The number of carbonyl (C=O) groups is 1. The van der Waals surface area contributed by atoms with E-state index in [0.29, 0.717) is 11.1 Å². The van der Waals surface area contributed by atoms with Gasteiger partial charge in [-0.25, -0.2) is 4.99 Å². The number of pyridine rings is 1. The van der Waals surface area contributed by atoms with Crippen molar-refractivity contribution in [2.75, 3.05) is 12.4 Å². The van der Waals surface area contributed by atoms with Gasteiger partial charge in [-0.1, -0.05) is 12.1 Å². The van der Waals surface area contributed by atoms with Gasteiger partial charge in [0.15, 0.2) is 11.7 Å². The zero-order chi connectivity index (χ0) is 26.6. The Balaban J connectivity index is 1.62. The molecule has 1 aliphatic heterocycles. The first-order valence-corrected chi connectivity index (χ1v) is 11.0. The Morgan fingerprint density at radius 2 is 1.89 bits per heavy atom. The Labute approximate surface area is 210 Å². The van der Waals surface area contributed by atoms with Gasteiger partial charge >= 0.3 is 6.18 Å². The lowest BCUT2D eigenvalue weighted by atomic mass is 10.1. The number of carbonyl (C=O) groups excluding carboxylic acids is 1. The number of aryl methyl sites for hydroxylation is 1. The Hall–Kier alpha value is -4.80. The summed E-state index contributed by atoms with van der Waals surface area (Å²) in [5.41, 5.74) is 0.784. The monoisotopic (exact) mass is 506 g/mol. The van der Waals surface area contributed by atoms with Gasteiger partial charge in [0.25, 0.3) is 5.91 Å². The van der Waals surface area contributed by atoms with Gasteiger partial charge in [-0.3, -0.25) is 15.2 Å². The summed E-state index contributed by atoms with van der Waals surface area (Å²) in [6.45, 7) is 1.69. The van der Waals surface area contributed by atoms with E-state index in [0.717, 1.165) is 12.1 Å². The average Bonchev–Trinajstić information content (AvgIpc) is 2.87. The number of aromatic nitrogens is 1. The second kappa shape index (κ2) is 10.4. The van der Waals surface area contributed by atoms with Crippen LogP contribution >= 0.6 is 0 Å². The average molecular weight is 506 g/mol. The lowest BCUT2D eigenvalue weighted by molar-refractivity contribution is -0.137. The molecule has 2 aromatic carbocycles. The number of halogens is 3. The zero-order valence-electron chi connectivity index (χ0n) is 19.7. The molecule has 0 radical (unpaired) electrons. The molecule has 4 rings (SSSR count). The number of anilines is 1. The third-order valence-electron chi connectivity index (χ3n) is 5.24. The number of hydrogen-bond donors (Lipinski definition) is 3. The lowest BCUT2D eigenvalue weighted by Crippen LogP contribution is -2.26. The Kier molecular flexibility index (Phi) is 7.14. The van der Waals surface area contributed by atoms with Crippen LogP contribution in [0, 0.1) is 12.3 Å². The van der Waals surface area contributed by atoms with Crippen molar-refractivity contribution in [3.05, 3.63) is 101 Å². The van der Waals surface area contributed by atoms with Crippen molar-refractivity contribution in [3.63, 3.8) is 0 Å². The molecule has 188 valence electrons. The van der Waals surface area contributed by atoms with Crippen LogP contribution in [0.1, 0.15) is 27.0 Å². The first kappa shape index (κ1) is 25.3. The zero-order valence-corrected chi connectivity index (χ0v) is 19.7. The molecule has 0 fully saturated rings. The van der Waals surface area contributed by atoms with Gasteiger partial charge in [0.1, 0.15) is 5.75 Å². The normalized spacial score (nSPS) is 14.6. The Morgan fingerprint density at radius 1 is 1.08 bits per heavy atom. The van der Waals surface area contributed by atoms with Crippen molar-refractivity contribution in [3.8, 4) is 5.75 Å². The molecule has 0 atom stereocenters. The number of amides is 1. The van der Waals surface area contributed by atoms with Gasteiger partial charge in [-0.05, 0) is 55.0 Å². The van der Waals surface area contributed by atoms with Crippen molar-refractivity contribution in [1.82, 2.24) is 10.3 Å². The van der Waals surface area contributed by atoms with E-state index in [2.05, 4.69) is 25.6 Å². The molecule has 0 saturated carbocycles. The van der Waals surface area contributed by atoms with E-state index in [1.807, 2.05) is 0 Å². The summed E-state index contributed by atoms with van der Waals surface area (Å²) < 4.78 is 45.1. The number of amidine groups is 2. The third-order valence-corrected chi connectivity index (χ3v) is 5.24.